The van der Waals surface area contributed by atoms with Crippen molar-refractivity contribution in [2.45, 2.75) is 0 Å². The molecular formula is C14H9N3O. The predicted octanol–water partition coefficient (Wildman–Crippen LogP) is 3.17. The number of furan rings is 1. The number of hydrogen-bond acceptors (Lipinski definition) is 3. The van der Waals surface area contributed by atoms with Gasteiger partial charge in [-0.2, -0.15) is 5.10 Å². The van der Waals surface area contributed by atoms with Crippen LogP contribution in [0, 0.1) is 0 Å². The number of benzene rings is 2. The molecule has 0 aliphatic rings. The zero-order valence-electron chi connectivity index (χ0n) is 9.45. The van der Waals surface area contributed by atoms with Crippen molar-refractivity contribution in [2.24, 2.45) is 0 Å². The Morgan fingerprint density at radius 2 is 1.83 bits per heavy atom. The summed E-state index contributed by atoms with van der Waals surface area (Å²) in [6.07, 6.45) is 3.19. The summed E-state index contributed by atoms with van der Waals surface area (Å²) in [5.74, 6) is 0. The summed E-state index contributed by atoms with van der Waals surface area (Å²) in [4.78, 5) is 3.94. The van der Waals surface area contributed by atoms with Crippen molar-refractivity contribution in [2.75, 3.05) is 0 Å². The number of nitrogens with zero attached hydrogens (tertiary/aromatic N) is 3. The molecule has 0 saturated heterocycles. The van der Waals surface area contributed by atoms with Crippen LogP contribution in [0.25, 0.3) is 27.6 Å². The van der Waals surface area contributed by atoms with Crippen LogP contribution in [-0.4, -0.2) is 14.8 Å². The van der Waals surface area contributed by atoms with E-state index in [1.54, 1.807) is 11.0 Å². The first-order valence-corrected chi connectivity index (χ1v) is 5.68. The molecule has 0 N–H and O–H groups in total. The van der Waals surface area contributed by atoms with Gasteiger partial charge in [-0.25, -0.2) is 9.67 Å². The molecule has 0 saturated carbocycles. The van der Waals surface area contributed by atoms with Crippen molar-refractivity contribution in [3.05, 3.63) is 55.1 Å². The van der Waals surface area contributed by atoms with Gasteiger partial charge >= 0.3 is 0 Å². The highest BCUT2D eigenvalue weighted by Gasteiger charge is 2.07. The van der Waals surface area contributed by atoms with Crippen LogP contribution in [0.3, 0.4) is 0 Å². The molecule has 2 aromatic carbocycles. The zero-order chi connectivity index (χ0) is 11.9. The van der Waals surface area contributed by atoms with E-state index in [-0.39, 0.29) is 0 Å². The van der Waals surface area contributed by atoms with Gasteiger partial charge in [0, 0.05) is 16.8 Å². The van der Waals surface area contributed by atoms with Crippen LogP contribution in [-0.2, 0) is 0 Å². The van der Waals surface area contributed by atoms with E-state index in [2.05, 4.69) is 22.2 Å². The Hall–Kier alpha value is -2.62. The Balaban J connectivity index is 2.04. The topological polar surface area (TPSA) is 43.9 Å². The summed E-state index contributed by atoms with van der Waals surface area (Å²) in [6, 6.07) is 14.1. The minimum absolute atomic E-state index is 0.865. The highest BCUT2D eigenvalue weighted by atomic mass is 16.3. The molecule has 18 heavy (non-hydrogen) atoms. The number of para-hydroxylation sites is 1. The highest BCUT2D eigenvalue weighted by molar-refractivity contribution is 6.05. The molecule has 86 valence electrons. The molecule has 0 radical (unpaired) electrons. The molecule has 4 nitrogen and oxygen atoms in total. The lowest BCUT2D eigenvalue weighted by Gasteiger charge is -1.98. The van der Waals surface area contributed by atoms with E-state index in [4.69, 9.17) is 4.42 Å². The average Bonchev–Trinajstić information content (AvgIpc) is 3.05. The standard InChI is InChI=1S/C14H9N3O/c1-2-4-13-11(3-1)12-6-5-10(7-14(12)18-13)17-9-15-8-16-17/h1-9H. The van der Waals surface area contributed by atoms with Crippen LogP contribution in [0.2, 0.25) is 0 Å². The molecule has 4 aromatic rings. The predicted molar refractivity (Wildman–Crippen MR) is 68.6 cm³/mol. The van der Waals surface area contributed by atoms with Crippen molar-refractivity contribution in [3.8, 4) is 5.69 Å². The van der Waals surface area contributed by atoms with E-state index < -0.39 is 0 Å². The van der Waals surface area contributed by atoms with Gasteiger partial charge in [-0.05, 0) is 18.2 Å². The number of aromatic nitrogens is 3. The first-order chi connectivity index (χ1) is 8.92. The van der Waals surface area contributed by atoms with E-state index in [1.807, 2.05) is 30.3 Å². The van der Waals surface area contributed by atoms with Crippen LogP contribution < -0.4 is 0 Å². The van der Waals surface area contributed by atoms with E-state index in [9.17, 15) is 0 Å². The normalized spacial score (nSPS) is 11.3. The van der Waals surface area contributed by atoms with E-state index in [0.29, 0.717) is 0 Å². The van der Waals surface area contributed by atoms with Gasteiger partial charge in [-0.1, -0.05) is 18.2 Å². The van der Waals surface area contributed by atoms with Crippen LogP contribution in [0.15, 0.2) is 59.5 Å². The SMILES string of the molecule is c1ccc2c(c1)oc1cc(-n3cncn3)ccc12. The largest absolute Gasteiger partial charge is 0.456 e. The van der Waals surface area contributed by atoms with Crippen LogP contribution in [0.5, 0.6) is 0 Å². The monoisotopic (exact) mass is 235 g/mol. The Bertz CT molecular complexity index is 831. The average molecular weight is 235 g/mol. The second-order valence-corrected chi connectivity index (χ2v) is 4.12. The molecule has 0 aliphatic carbocycles. The Morgan fingerprint density at radius 1 is 0.944 bits per heavy atom. The third-order valence-corrected chi connectivity index (χ3v) is 3.05. The second-order valence-electron chi connectivity index (χ2n) is 4.12. The molecule has 2 heterocycles. The van der Waals surface area contributed by atoms with Crippen molar-refractivity contribution in [3.63, 3.8) is 0 Å². The van der Waals surface area contributed by atoms with Gasteiger partial charge in [0.25, 0.3) is 0 Å². The van der Waals surface area contributed by atoms with Gasteiger partial charge in [0.2, 0.25) is 0 Å². The van der Waals surface area contributed by atoms with Crippen molar-refractivity contribution < 1.29 is 4.42 Å². The van der Waals surface area contributed by atoms with Crippen LogP contribution in [0.1, 0.15) is 0 Å². The van der Waals surface area contributed by atoms with E-state index in [1.165, 1.54) is 6.33 Å². The van der Waals surface area contributed by atoms with E-state index in [0.717, 1.165) is 27.6 Å². The lowest BCUT2D eigenvalue weighted by molar-refractivity contribution is 0.668. The fraction of sp³-hybridized carbons (Fsp3) is 0. The lowest BCUT2D eigenvalue weighted by Crippen LogP contribution is -1.92. The third kappa shape index (κ3) is 1.26. The molecule has 4 rings (SSSR count). The molecule has 4 heteroatoms. The molecule has 0 aliphatic heterocycles. The summed E-state index contributed by atoms with van der Waals surface area (Å²) in [5.41, 5.74) is 2.71. The summed E-state index contributed by atoms with van der Waals surface area (Å²) in [7, 11) is 0. The fourth-order valence-corrected chi connectivity index (χ4v) is 2.20. The molecule has 0 unspecified atom stereocenters. The lowest BCUT2D eigenvalue weighted by atomic mass is 10.1. The molecule has 0 atom stereocenters. The number of rotatable bonds is 1. The summed E-state index contributed by atoms with van der Waals surface area (Å²) < 4.78 is 7.54. The maximum atomic E-state index is 5.83. The second kappa shape index (κ2) is 3.43. The minimum atomic E-state index is 0.865. The van der Waals surface area contributed by atoms with Crippen molar-refractivity contribution in [1.29, 1.82) is 0 Å². The summed E-state index contributed by atoms with van der Waals surface area (Å²) in [5, 5.41) is 6.37. The Labute approximate surface area is 102 Å². The minimum Gasteiger partial charge on any atom is -0.456 e. The van der Waals surface area contributed by atoms with Gasteiger partial charge in [0.1, 0.15) is 23.8 Å². The van der Waals surface area contributed by atoms with Gasteiger partial charge in [0.15, 0.2) is 0 Å². The van der Waals surface area contributed by atoms with Crippen LogP contribution in [0.4, 0.5) is 0 Å². The fourth-order valence-electron chi connectivity index (χ4n) is 2.20. The van der Waals surface area contributed by atoms with Gasteiger partial charge in [-0.15, -0.1) is 0 Å². The molecule has 0 amide bonds. The Kier molecular flexibility index (Phi) is 1.80. The summed E-state index contributed by atoms with van der Waals surface area (Å²) >= 11 is 0. The molecule has 0 spiro atoms. The van der Waals surface area contributed by atoms with Crippen LogP contribution >= 0.6 is 0 Å². The van der Waals surface area contributed by atoms with Gasteiger partial charge < -0.3 is 4.42 Å². The summed E-state index contributed by atoms with van der Waals surface area (Å²) in [6.45, 7) is 0. The number of fused-ring (bicyclic) bond motifs is 3. The first kappa shape index (κ1) is 9.41. The molecule has 0 fully saturated rings. The highest BCUT2D eigenvalue weighted by Crippen LogP contribution is 2.29. The molecule has 0 bridgehead atoms. The maximum absolute atomic E-state index is 5.83. The first-order valence-electron chi connectivity index (χ1n) is 5.68. The number of hydrogen-bond donors (Lipinski definition) is 0. The van der Waals surface area contributed by atoms with Crippen molar-refractivity contribution >= 4 is 21.9 Å². The van der Waals surface area contributed by atoms with Gasteiger partial charge in [0.05, 0.1) is 5.69 Å². The smallest absolute Gasteiger partial charge is 0.138 e. The quantitative estimate of drug-likeness (QED) is 0.509. The molecule has 2 aromatic heterocycles. The van der Waals surface area contributed by atoms with E-state index >= 15 is 0 Å². The molecular weight excluding hydrogens is 226 g/mol. The third-order valence-electron chi connectivity index (χ3n) is 3.05. The maximum Gasteiger partial charge on any atom is 0.138 e. The zero-order valence-corrected chi connectivity index (χ0v) is 9.45. The van der Waals surface area contributed by atoms with Gasteiger partial charge in [-0.3, -0.25) is 0 Å². The van der Waals surface area contributed by atoms with Crippen molar-refractivity contribution in [1.82, 2.24) is 14.8 Å². The Morgan fingerprint density at radius 3 is 2.72 bits per heavy atom.